The minimum Gasteiger partial charge on any atom is -0.497 e. The number of hydrogen-bond acceptors (Lipinski definition) is 7. The normalized spacial score (nSPS) is 11.5. The Bertz CT molecular complexity index is 1310. The van der Waals surface area contributed by atoms with Crippen LogP contribution in [0.2, 0.25) is 0 Å². The van der Waals surface area contributed by atoms with Gasteiger partial charge in [-0.15, -0.1) is 0 Å². The van der Waals surface area contributed by atoms with E-state index in [2.05, 4.69) is 9.44 Å². The van der Waals surface area contributed by atoms with Gasteiger partial charge in [0, 0.05) is 12.1 Å². The second-order valence-electron chi connectivity index (χ2n) is 6.18. The lowest BCUT2D eigenvalue weighted by atomic mass is 10.3. The molecule has 162 valence electrons. The molecule has 10 nitrogen and oxygen atoms in total. The average Bonchev–Trinajstić information content (AvgIpc) is 2.75. The average molecular weight is 463 g/mol. The van der Waals surface area contributed by atoms with Crippen LogP contribution in [0.25, 0.3) is 0 Å². The molecule has 3 rings (SSSR count). The van der Waals surface area contributed by atoms with Crippen molar-refractivity contribution in [2.75, 3.05) is 16.6 Å². The van der Waals surface area contributed by atoms with Gasteiger partial charge in [0.15, 0.2) is 0 Å². The number of hydrogen-bond donors (Lipinski definition) is 2. The molecule has 31 heavy (non-hydrogen) atoms. The van der Waals surface area contributed by atoms with Crippen molar-refractivity contribution >= 4 is 37.1 Å². The first-order valence-corrected chi connectivity index (χ1v) is 11.6. The molecule has 0 amide bonds. The fourth-order valence-electron chi connectivity index (χ4n) is 2.57. The van der Waals surface area contributed by atoms with Gasteiger partial charge in [-0.3, -0.25) is 19.6 Å². The van der Waals surface area contributed by atoms with E-state index in [1.54, 1.807) is 0 Å². The number of anilines is 2. The number of methoxy groups -OCH3 is 1. The van der Waals surface area contributed by atoms with E-state index in [0.29, 0.717) is 5.75 Å². The maximum Gasteiger partial charge on any atom is 0.269 e. The quantitative estimate of drug-likeness (QED) is 0.385. The Morgan fingerprint density at radius 1 is 0.742 bits per heavy atom. The minimum atomic E-state index is -4.13. The number of nitrogens with one attached hydrogen (secondary N) is 2. The van der Waals surface area contributed by atoms with E-state index < -0.39 is 25.0 Å². The molecule has 0 fully saturated rings. The molecule has 0 heterocycles. The summed E-state index contributed by atoms with van der Waals surface area (Å²) in [5.74, 6) is 0.482. The van der Waals surface area contributed by atoms with Crippen LogP contribution < -0.4 is 14.2 Å². The Labute approximate surface area is 178 Å². The van der Waals surface area contributed by atoms with Crippen molar-refractivity contribution in [1.29, 1.82) is 0 Å². The molecule has 3 aromatic carbocycles. The van der Waals surface area contributed by atoms with Gasteiger partial charge in [0.1, 0.15) is 5.75 Å². The third-order valence-electron chi connectivity index (χ3n) is 4.14. The molecule has 0 saturated carbocycles. The molecule has 2 N–H and O–H groups in total. The van der Waals surface area contributed by atoms with Crippen molar-refractivity contribution in [3.63, 3.8) is 0 Å². The number of nitro groups is 1. The first-order chi connectivity index (χ1) is 14.6. The smallest absolute Gasteiger partial charge is 0.269 e. The Morgan fingerprint density at radius 2 is 1.16 bits per heavy atom. The summed E-state index contributed by atoms with van der Waals surface area (Å²) in [4.78, 5) is 9.85. The molecule has 3 aromatic rings. The van der Waals surface area contributed by atoms with Crippen LogP contribution in [-0.2, 0) is 20.0 Å². The Hall–Kier alpha value is -3.64. The van der Waals surface area contributed by atoms with Crippen LogP contribution in [0.15, 0.2) is 82.6 Å². The van der Waals surface area contributed by atoms with Crippen LogP contribution >= 0.6 is 0 Å². The van der Waals surface area contributed by atoms with E-state index in [0.717, 1.165) is 24.3 Å². The standard InChI is InChI=1S/C19H17N3O7S2/c1-29-15-8-12-17(13-9-15)31(27,28)21-19-5-3-2-4-18(19)20-30(25,26)16-10-6-14(7-11-16)22(23)24/h2-13,20-21H,1H3. The second-order valence-corrected chi connectivity index (χ2v) is 9.55. The molecular formula is C19H17N3O7S2. The molecule has 0 atom stereocenters. The van der Waals surface area contributed by atoms with Crippen LogP contribution in [0, 0.1) is 10.1 Å². The number of ether oxygens (including phenoxy) is 1. The van der Waals surface area contributed by atoms with E-state index in [9.17, 15) is 26.9 Å². The second kappa shape index (κ2) is 8.62. The molecule has 0 bridgehead atoms. The van der Waals surface area contributed by atoms with Gasteiger partial charge in [-0.05, 0) is 48.5 Å². The van der Waals surface area contributed by atoms with Crippen molar-refractivity contribution in [1.82, 2.24) is 0 Å². The lowest BCUT2D eigenvalue weighted by Crippen LogP contribution is -2.17. The maximum absolute atomic E-state index is 12.7. The summed E-state index contributed by atoms with van der Waals surface area (Å²) in [7, 11) is -6.69. The van der Waals surface area contributed by atoms with Crippen molar-refractivity contribution in [3.05, 3.63) is 82.9 Å². The predicted octanol–water partition coefficient (Wildman–Crippen LogP) is 3.21. The molecular weight excluding hydrogens is 446 g/mol. The number of rotatable bonds is 8. The number of para-hydroxylation sites is 2. The molecule has 0 aromatic heterocycles. The van der Waals surface area contributed by atoms with E-state index in [1.807, 2.05) is 0 Å². The summed E-state index contributed by atoms with van der Waals surface area (Å²) in [5.41, 5.74) is -0.270. The van der Waals surface area contributed by atoms with Crippen LogP contribution in [0.1, 0.15) is 0 Å². The number of sulfonamides is 2. The van der Waals surface area contributed by atoms with Crippen molar-refractivity contribution < 1.29 is 26.5 Å². The molecule has 0 radical (unpaired) electrons. The topological polar surface area (TPSA) is 145 Å². The van der Waals surface area contributed by atoms with Gasteiger partial charge in [0.2, 0.25) is 0 Å². The molecule has 0 saturated heterocycles. The highest BCUT2D eigenvalue weighted by Crippen LogP contribution is 2.28. The number of nitrogens with zero attached hydrogens (tertiary/aromatic N) is 1. The van der Waals surface area contributed by atoms with Gasteiger partial charge < -0.3 is 4.74 Å². The van der Waals surface area contributed by atoms with Crippen LogP contribution in [0.4, 0.5) is 17.1 Å². The van der Waals surface area contributed by atoms with Gasteiger partial charge >= 0.3 is 0 Å². The lowest BCUT2D eigenvalue weighted by molar-refractivity contribution is -0.384. The summed E-state index contributed by atoms with van der Waals surface area (Å²) < 4.78 is 60.4. The highest BCUT2D eigenvalue weighted by atomic mass is 32.2. The van der Waals surface area contributed by atoms with E-state index >= 15 is 0 Å². The van der Waals surface area contributed by atoms with Crippen LogP contribution in [0.3, 0.4) is 0 Å². The highest BCUT2D eigenvalue weighted by molar-refractivity contribution is 7.93. The summed E-state index contributed by atoms with van der Waals surface area (Å²) in [6.07, 6.45) is 0. The van der Waals surface area contributed by atoms with Crippen molar-refractivity contribution in [2.45, 2.75) is 9.79 Å². The zero-order valence-electron chi connectivity index (χ0n) is 16.0. The van der Waals surface area contributed by atoms with Gasteiger partial charge in [-0.25, -0.2) is 16.8 Å². The molecule has 0 aliphatic heterocycles. The van der Waals surface area contributed by atoms with Crippen LogP contribution in [-0.4, -0.2) is 28.9 Å². The molecule has 0 spiro atoms. The molecule has 12 heteroatoms. The molecule has 0 unspecified atom stereocenters. The summed E-state index contributed by atoms with van der Waals surface area (Å²) in [6, 6.07) is 15.8. The number of benzene rings is 3. The Morgan fingerprint density at radius 3 is 1.55 bits per heavy atom. The van der Waals surface area contributed by atoms with Crippen molar-refractivity contribution in [2.24, 2.45) is 0 Å². The number of non-ortho nitro benzene ring substituents is 1. The SMILES string of the molecule is COc1ccc(S(=O)(=O)Nc2ccccc2NS(=O)(=O)c2ccc([N+](=O)[O-])cc2)cc1. The zero-order chi connectivity index (χ0) is 22.6. The fourth-order valence-corrected chi connectivity index (χ4v) is 4.73. The Kier molecular flexibility index (Phi) is 6.13. The van der Waals surface area contributed by atoms with Crippen LogP contribution in [0.5, 0.6) is 5.75 Å². The third kappa shape index (κ3) is 5.10. The number of nitro benzene ring substituents is 1. The molecule has 0 aliphatic rings. The van der Waals surface area contributed by atoms with Gasteiger partial charge in [0.25, 0.3) is 25.7 Å². The highest BCUT2D eigenvalue weighted by Gasteiger charge is 2.20. The summed E-state index contributed by atoms with van der Waals surface area (Å²) in [5, 5.41) is 10.8. The van der Waals surface area contributed by atoms with Crippen molar-refractivity contribution in [3.8, 4) is 5.75 Å². The zero-order valence-corrected chi connectivity index (χ0v) is 17.7. The lowest BCUT2D eigenvalue weighted by Gasteiger charge is -2.14. The van der Waals surface area contributed by atoms with E-state index in [1.165, 1.54) is 55.6 Å². The van der Waals surface area contributed by atoms with Gasteiger partial charge in [0.05, 0.1) is 33.2 Å². The first kappa shape index (κ1) is 22.1. The van der Waals surface area contributed by atoms with Gasteiger partial charge in [-0.1, -0.05) is 12.1 Å². The first-order valence-electron chi connectivity index (χ1n) is 8.65. The summed E-state index contributed by atoms with van der Waals surface area (Å²) >= 11 is 0. The molecule has 0 aliphatic carbocycles. The van der Waals surface area contributed by atoms with E-state index in [-0.39, 0.29) is 26.9 Å². The fraction of sp³-hybridized carbons (Fsp3) is 0.0526. The predicted molar refractivity (Wildman–Crippen MR) is 114 cm³/mol. The minimum absolute atomic E-state index is 0.00352. The van der Waals surface area contributed by atoms with Gasteiger partial charge in [-0.2, -0.15) is 0 Å². The third-order valence-corrected chi connectivity index (χ3v) is 6.91. The Balaban J connectivity index is 1.88. The maximum atomic E-state index is 12.7. The van der Waals surface area contributed by atoms with E-state index in [4.69, 9.17) is 4.74 Å². The largest absolute Gasteiger partial charge is 0.497 e. The monoisotopic (exact) mass is 463 g/mol. The summed E-state index contributed by atoms with van der Waals surface area (Å²) in [6.45, 7) is 0.